The maximum atomic E-state index is 10.6. The van der Waals surface area contributed by atoms with Crippen LogP contribution in [0.1, 0.15) is 168 Å². The molecule has 0 amide bonds. The van der Waals surface area contributed by atoms with E-state index in [-0.39, 0.29) is 13.2 Å². The molecule has 2 N–H and O–H groups in total. The lowest BCUT2D eigenvalue weighted by atomic mass is 9.99. The zero-order valence-corrected chi connectivity index (χ0v) is 28.3. The van der Waals surface area contributed by atoms with Crippen molar-refractivity contribution in [1.82, 2.24) is 0 Å². The molecule has 4 atom stereocenters. The molecular formula is C34H64O5S2. The Balaban J connectivity index is 2.26. The van der Waals surface area contributed by atoms with Gasteiger partial charge in [0.1, 0.15) is 12.2 Å². The normalized spacial score (nSPS) is 20.7. The topological polar surface area (TPSA) is 68.2 Å². The third kappa shape index (κ3) is 20.3. The Kier molecular flexibility index (Phi) is 25.7. The second kappa shape index (κ2) is 27.2. The minimum absolute atomic E-state index is 0.0855. The standard InChI is InChI=1S/C34H64O5S2/c1-3-5-7-9-11-13-15-17-19-21-23-25-31(40)38-33-29(36)28-37-30(27-35)34(33)39-32(41)26-24-22-20-18-16-14-12-10-8-6-4-2/h29-30,33-36H,3-28H2,1-2H3/t29-,30+,33+,34+/m1/s1. The van der Waals surface area contributed by atoms with Crippen LogP contribution in [0.5, 0.6) is 0 Å². The summed E-state index contributed by atoms with van der Waals surface area (Å²) in [5, 5.41) is 21.5. The van der Waals surface area contributed by atoms with Gasteiger partial charge in [0.25, 0.3) is 0 Å². The van der Waals surface area contributed by atoms with E-state index < -0.39 is 24.4 Å². The molecule has 0 bridgehead atoms. The van der Waals surface area contributed by atoms with Gasteiger partial charge >= 0.3 is 0 Å². The molecule has 41 heavy (non-hydrogen) atoms. The van der Waals surface area contributed by atoms with Gasteiger partial charge in [-0.05, 0) is 37.3 Å². The fourth-order valence-corrected chi connectivity index (χ4v) is 6.09. The second-order valence-corrected chi connectivity index (χ2v) is 13.0. The molecule has 0 spiro atoms. The lowest BCUT2D eigenvalue weighted by Gasteiger charge is -2.40. The fraction of sp³-hybridized carbons (Fsp3) is 0.941. The van der Waals surface area contributed by atoms with Crippen molar-refractivity contribution in [2.24, 2.45) is 0 Å². The molecule has 0 aromatic rings. The summed E-state index contributed by atoms with van der Waals surface area (Å²) in [6.07, 6.45) is 26.8. The third-order valence-corrected chi connectivity index (χ3v) is 8.84. The van der Waals surface area contributed by atoms with Crippen LogP contribution < -0.4 is 0 Å². The first-order chi connectivity index (χ1) is 20.0. The van der Waals surface area contributed by atoms with Crippen LogP contribution in [-0.2, 0) is 14.2 Å². The Bertz CT molecular complexity index is 632. The van der Waals surface area contributed by atoms with Crippen LogP contribution in [0, 0.1) is 0 Å². The highest BCUT2D eigenvalue weighted by Gasteiger charge is 2.43. The molecule has 1 saturated heterocycles. The Morgan fingerprint density at radius 1 is 0.585 bits per heavy atom. The van der Waals surface area contributed by atoms with E-state index in [1.54, 1.807) is 0 Å². The zero-order chi connectivity index (χ0) is 30.0. The van der Waals surface area contributed by atoms with Crippen molar-refractivity contribution in [2.75, 3.05) is 13.2 Å². The van der Waals surface area contributed by atoms with Crippen LogP contribution in [0.15, 0.2) is 0 Å². The number of hydrogen-bond acceptors (Lipinski definition) is 7. The smallest absolute Gasteiger partial charge is 0.167 e. The van der Waals surface area contributed by atoms with Crippen molar-refractivity contribution in [3.63, 3.8) is 0 Å². The first-order valence-electron chi connectivity index (χ1n) is 17.3. The lowest BCUT2D eigenvalue weighted by molar-refractivity contribution is -0.185. The molecule has 0 aliphatic carbocycles. The maximum Gasteiger partial charge on any atom is 0.167 e. The molecule has 0 unspecified atom stereocenters. The van der Waals surface area contributed by atoms with Crippen LogP contribution in [0.4, 0.5) is 0 Å². The van der Waals surface area contributed by atoms with Crippen LogP contribution >= 0.6 is 24.4 Å². The van der Waals surface area contributed by atoms with E-state index in [0.717, 1.165) is 25.7 Å². The van der Waals surface area contributed by atoms with Crippen molar-refractivity contribution in [3.05, 3.63) is 0 Å². The monoisotopic (exact) mass is 616 g/mol. The molecule has 242 valence electrons. The van der Waals surface area contributed by atoms with Crippen LogP contribution in [0.25, 0.3) is 0 Å². The van der Waals surface area contributed by atoms with Crippen molar-refractivity contribution < 1.29 is 24.4 Å². The van der Waals surface area contributed by atoms with Gasteiger partial charge in [-0.15, -0.1) is 0 Å². The van der Waals surface area contributed by atoms with E-state index in [4.69, 9.17) is 38.6 Å². The lowest BCUT2D eigenvalue weighted by Crippen LogP contribution is -2.57. The summed E-state index contributed by atoms with van der Waals surface area (Å²) in [5.41, 5.74) is 0. The predicted octanol–water partition coefficient (Wildman–Crippen LogP) is 9.57. The molecular weight excluding hydrogens is 553 g/mol. The molecule has 0 radical (unpaired) electrons. The van der Waals surface area contributed by atoms with Gasteiger partial charge in [0, 0.05) is 12.8 Å². The van der Waals surface area contributed by atoms with Gasteiger partial charge in [-0.3, -0.25) is 0 Å². The van der Waals surface area contributed by atoms with Crippen LogP contribution in [0.2, 0.25) is 0 Å². The number of ether oxygens (including phenoxy) is 3. The van der Waals surface area contributed by atoms with Gasteiger partial charge < -0.3 is 24.4 Å². The van der Waals surface area contributed by atoms with Gasteiger partial charge in [0.2, 0.25) is 0 Å². The molecule has 1 heterocycles. The Morgan fingerprint density at radius 2 is 0.927 bits per heavy atom. The Morgan fingerprint density at radius 3 is 1.29 bits per heavy atom. The van der Waals surface area contributed by atoms with Crippen molar-refractivity contribution in [3.8, 4) is 0 Å². The van der Waals surface area contributed by atoms with Crippen molar-refractivity contribution in [2.45, 2.75) is 192 Å². The largest absolute Gasteiger partial charge is 0.477 e. The summed E-state index contributed by atoms with van der Waals surface area (Å²) in [6, 6.07) is 0. The fourth-order valence-electron chi connectivity index (χ4n) is 5.58. The Hall–Kier alpha value is -0.340. The quantitative estimate of drug-likeness (QED) is 0.0703. The van der Waals surface area contributed by atoms with E-state index in [9.17, 15) is 10.2 Å². The first kappa shape index (κ1) is 38.7. The molecule has 7 heteroatoms. The number of rotatable bonds is 27. The van der Waals surface area contributed by atoms with Crippen molar-refractivity contribution in [1.29, 1.82) is 0 Å². The minimum Gasteiger partial charge on any atom is -0.477 e. The molecule has 0 saturated carbocycles. The first-order valence-corrected chi connectivity index (χ1v) is 18.1. The maximum absolute atomic E-state index is 10.6. The summed E-state index contributed by atoms with van der Waals surface area (Å²) in [5.74, 6) is 0. The summed E-state index contributed by atoms with van der Waals surface area (Å²) in [4.78, 5) is 0. The molecule has 1 aliphatic heterocycles. The predicted molar refractivity (Wildman–Crippen MR) is 180 cm³/mol. The zero-order valence-electron chi connectivity index (χ0n) is 26.6. The molecule has 5 nitrogen and oxygen atoms in total. The van der Waals surface area contributed by atoms with E-state index >= 15 is 0 Å². The average molecular weight is 617 g/mol. The molecule has 1 rings (SSSR count). The summed E-state index contributed by atoms with van der Waals surface area (Å²) < 4.78 is 17.8. The molecule has 0 aromatic heterocycles. The van der Waals surface area contributed by atoms with Gasteiger partial charge in [-0.2, -0.15) is 0 Å². The summed E-state index contributed by atoms with van der Waals surface area (Å²) in [7, 11) is 0. The summed E-state index contributed by atoms with van der Waals surface area (Å²) in [6.45, 7) is 4.39. The molecule has 0 aromatic carbocycles. The van der Waals surface area contributed by atoms with E-state index in [2.05, 4.69) is 13.8 Å². The van der Waals surface area contributed by atoms with Gasteiger partial charge in [-0.25, -0.2) is 0 Å². The summed E-state index contributed by atoms with van der Waals surface area (Å²) >= 11 is 11.1. The molecule has 1 aliphatic rings. The van der Waals surface area contributed by atoms with Crippen molar-refractivity contribution >= 4 is 34.5 Å². The number of aliphatic hydroxyl groups excluding tert-OH is 2. The highest BCUT2D eigenvalue weighted by atomic mass is 32.1. The highest BCUT2D eigenvalue weighted by molar-refractivity contribution is 7.80. The SMILES string of the molecule is CCCCCCCCCCCCCC(=S)O[C@@H]1[C@@H](OC(=S)CCCCCCCCCCCCC)[C@H](CO)OC[C@H]1O. The number of thiocarbonyl (C=S) groups is 2. The second-order valence-electron chi connectivity index (χ2n) is 12.1. The highest BCUT2D eigenvalue weighted by Crippen LogP contribution is 2.24. The number of unbranched alkanes of at least 4 members (excludes halogenated alkanes) is 20. The Labute approximate surface area is 263 Å². The number of aliphatic hydroxyl groups is 2. The van der Waals surface area contributed by atoms with Crippen LogP contribution in [-0.4, -0.2) is 57.9 Å². The third-order valence-electron chi connectivity index (χ3n) is 8.23. The van der Waals surface area contributed by atoms with E-state index in [1.807, 2.05) is 0 Å². The average Bonchev–Trinajstić information content (AvgIpc) is 2.96. The molecule has 1 fully saturated rings. The van der Waals surface area contributed by atoms with Gasteiger partial charge in [0.15, 0.2) is 22.3 Å². The van der Waals surface area contributed by atoms with Crippen LogP contribution in [0.3, 0.4) is 0 Å². The number of hydrogen-bond donors (Lipinski definition) is 2. The minimum atomic E-state index is -0.872. The van der Waals surface area contributed by atoms with Gasteiger partial charge in [0.05, 0.1) is 13.2 Å². The van der Waals surface area contributed by atoms with Gasteiger partial charge in [-0.1, -0.05) is 142 Å². The van der Waals surface area contributed by atoms with E-state index in [1.165, 1.54) is 116 Å². The van der Waals surface area contributed by atoms with E-state index in [0.29, 0.717) is 22.9 Å².